The third-order valence-electron chi connectivity index (χ3n) is 5.86. The molecule has 4 rings (SSSR count). The zero-order valence-electron chi connectivity index (χ0n) is 17.5. The van der Waals surface area contributed by atoms with Crippen molar-refractivity contribution >= 4 is 11.7 Å². The minimum absolute atomic E-state index is 0.0519. The van der Waals surface area contributed by atoms with Crippen LogP contribution in [0, 0.1) is 0 Å². The van der Waals surface area contributed by atoms with Crippen molar-refractivity contribution in [1.29, 1.82) is 0 Å². The molecule has 0 saturated heterocycles. The first-order chi connectivity index (χ1) is 15.1. The standard InChI is InChI=1S/C23H25N5O3/c1-31-20-11-5-17(6-12-20)15-21(29)23(13-3-2-4-14-23)25-22(30)18-7-9-19(10-8-18)28-16-24-26-27-28/h5-12,16H,2-4,13-15H2,1H3,(H,25,30). The molecule has 1 fully saturated rings. The van der Waals surface area contributed by atoms with Gasteiger partial charge in [0.1, 0.15) is 12.1 Å². The van der Waals surface area contributed by atoms with E-state index < -0.39 is 5.54 Å². The van der Waals surface area contributed by atoms with Gasteiger partial charge >= 0.3 is 0 Å². The van der Waals surface area contributed by atoms with Gasteiger partial charge in [0.2, 0.25) is 0 Å². The summed E-state index contributed by atoms with van der Waals surface area (Å²) in [5, 5.41) is 14.2. The number of carbonyl (C=O) groups excluding carboxylic acids is 2. The number of ketones is 1. The number of rotatable bonds is 7. The largest absolute Gasteiger partial charge is 0.497 e. The van der Waals surface area contributed by atoms with E-state index in [0.29, 0.717) is 18.4 Å². The lowest BCUT2D eigenvalue weighted by Gasteiger charge is -2.37. The van der Waals surface area contributed by atoms with Gasteiger partial charge in [0.25, 0.3) is 5.91 Å². The van der Waals surface area contributed by atoms with E-state index in [9.17, 15) is 9.59 Å². The van der Waals surface area contributed by atoms with Crippen molar-refractivity contribution in [2.45, 2.75) is 44.1 Å². The second-order valence-corrected chi connectivity index (χ2v) is 7.85. The van der Waals surface area contributed by atoms with Crippen molar-refractivity contribution in [1.82, 2.24) is 25.5 Å². The Bertz CT molecular complexity index is 1020. The molecule has 0 bridgehead atoms. The van der Waals surface area contributed by atoms with Crippen molar-refractivity contribution in [3.05, 3.63) is 66.0 Å². The van der Waals surface area contributed by atoms with E-state index in [2.05, 4.69) is 20.8 Å². The van der Waals surface area contributed by atoms with Crippen molar-refractivity contribution < 1.29 is 14.3 Å². The molecule has 31 heavy (non-hydrogen) atoms. The van der Waals surface area contributed by atoms with E-state index in [0.717, 1.165) is 36.3 Å². The molecule has 0 aliphatic heterocycles. The van der Waals surface area contributed by atoms with E-state index >= 15 is 0 Å². The molecule has 2 aromatic carbocycles. The molecule has 1 heterocycles. The van der Waals surface area contributed by atoms with Gasteiger partial charge in [-0.15, -0.1) is 5.10 Å². The Morgan fingerprint density at radius 1 is 1.03 bits per heavy atom. The van der Waals surface area contributed by atoms with E-state index in [1.165, 1.54) is 11.0 Å². The fourth-order valence-electron chi connectivity index (χ4n) is 4.06. The zero-order chi connectivity index (χ0) is 21.7. The summed E-state index contributed by atoms with van der Waals surface area (Å²) < 4.78 is 6.71. The molecular weight excluding hydrogens is 394 g/mol. The van der Waals surface area contributed by atoms with Gasteiger partial charge in [0.05, 0.1) is 18.3 Å². The van der Waals surface area contributed by atoms with Crippen LogP contribution in [0.5, 0.6) is 5.75 Å². The Balaban J connectivity index is 1.50. The third kappa shape index (κ3) is 4.63. The number of benzene rings is 2. The maximum Gasteiger partial charge on any atom is 0.252 e. The molecule has 0 spiro atoms. The Kier molecular flexibility index (Phi) is 6.06. The highest BCUT2D eigenvalue weighted by Gasteiger charge is 2.40. The van der Waals surface area contributed by atoms with Crippen LogP contribution >= 0.6 is 0 Å². The summed E-state index contributed by atoms with van der Waals surface area (Å²) in [7, 11) is 1.61. The molecule has 1 amide bonds. The topological polar surface area (TPSA) is 99.0 Å². The molecule has 8 nitrogen and oxygen atoms in total. The number of tetrazole rings is 1. The summed E-state index contributed by atoms with van der Waals surface area (Å²) in [6, 6.07) is 14.5. The van der Waals surface area contributed by atoms with Crippen LogP contribution < -0.4 is 10.1 Å². The molecule has 160 valence electrons. The molecule has 0 atom stereocenters. The minimum Gasteiger partial charge on any atom is -0.497 e. The first-order valence-corrected chi connectivity index (χ1v) is 10.4. The molecule has 1 aliphatic rings. The van der Waals surface area contributed by atoms with Crippen LogP contribution in [-0.2, 0) is 11.2 Å². The van der Waals surface area contributed by atoms with Crippen LogP contribution in [0.15, 0.2) is 54.9 Å². The monoisotopic (exact) mass is 419 g/mol. The molecule has 0 unspecified atom stereocenters. The lowest BCUT2D eigenvalue weighted by Crippen LogP contribution is -2.56. The van der Waals surface area contributed by atoms with E-state index in [4.69, 9.17) is 4.74 Å². The minimum atomic E-state index is -0.830. The summed E-state index contributed by atoms with van der Waals surface area (Å²) in [6.45, 7) is 0. The highest BCUT2D eigenvalue weighted by Crippen LogP contribution is 2.31. The number of carbonyl (C=O) groups is 2. The van der Waals surface area contributed by atoms with Crippen molar-refractivity contribution in [2.75, 3.05) is 7.11 Å². The van der Waals surface area contributed by atoms with Crippen LogP contribution in [0.2, 0.25) is 0 Å². The second kappa shape index (κ2) is 9.07. The first kappa shape index (κ1) is 20.7. The maximum atomic E-state index is 13.3. The predicted octanol–water partition coefficient (Wildman–Crippen LogP) is 2.92. The zero-order valence-corrected chi connectivity index (χ0v) is 17.5. The number of ether oxygens (including phenoxy) is 1. The van der Waals surface area contributed by atoms with Crippen LogP contribution in [0.1, 0.15) is 48.0 Å². The lowest BCUT2D eigenvalue weighted by atomic mass is 9.76. The van der Waals surface area contributed by atoms with Crippen molar-refractivity contribution in [3.63, 3.8) is 0 Å². The Labute approximate surface area is 180 Å². The first-order valence-electron chi connectivity index (χ1n) is 10.4. The van der Waals surface area contributed by atoms with Gasteiger partial charge in [-0.05, 0) is 65.2 Å². The number of hydrogen-bond donors (Lipinski definition) is 1. The predicted molar refractivity (Wildman–Crippen MR) is 114 cm³/mol. The normalized spacial score (nSPS) is 15.3. The van der Waals surface area contributed by atoms with Crippen LogP contribution in [0.25, 0.3) is 5.69 Å². The van der Waals surface area contributed by atoms with Gasteiger partial charge in [-0.25, -0.2) is 4.68 Å². The highest BCUT2D eigenvalue weighted by molar-refractivity contribution is 6.00. The number of Topliss-reactive ketones (excluding diaryl/α,β-unsaturated/α-hetero) is 1. The lowest BCUT2D eigenvalue weighted by molar-refractivity contribution is -0.125. The van der Waals surface area contributed by atoms with Crippen molar-refractivity contribution in [3.8, 4) is 11.4 Å². The molecule has 3 aromatic rings. The fourth-order valence-corrected chi connectivity index (χ4v) is 4.06. The molecule has 8 heteroatoms. The van der Waals surface area contributed by atoms with E-state index in [-0.39, 0.29) is 18.1 Å². The molecule has 1 N–H and O–H groups in total. The molecule has 1 saturated carbocycles. The second-order valence-electron chi connectivity index (χ2n) is 7.85. The fraction of sp³-hybridized carbons (Fsp3) is 0.348. The number of aromatic nitrogens is 4. The van der Waals surface area contributed by atoms with Crippen LogP contribution in [-0.4, -0.2) is 44.5 Å². The van der Waals surface area contributed by atoms with E-state index in [1.54, 1.807) is 31.4 Å². The number of amides is 1. The number of hydrogen-bond acceptors (Lipinski definition) is 6. The Morgan fingerprint density at radius 2 is 1.74 bits per heavy atom. The molecule has 1 aromatic heterocycles. The van der Waals surface area contributed by atoms with Gasteiger partial charge in [0.15, 0.2) is 5.78 Å². The van der Waals surface area contributed by atoms with Crippen LogP contribution in [0.4, 0.5) is 0 Å². The number of nitrogens with zero attached hydrogens (tertiary/aromatic N) is 4. The molecule has 1 aliphatic carbocycles. The van der Waals surface area contributed by atoms with Gasteiger partial charge < -0.3 is 10.1 Å². The Morgan fingerprint density at radius 3 is 2.35 bits per heavy atom. The van der Waals surface area contributed by atoms with Crippen LogP contribution in [0.3, 0.4) is 0 Å². The maximum absolute atomic E-state index is 13.3. The smallest absolute Gasteiger partial charge is 0.252 e. The average molecular weight is 419 g/mol. The highest BCUT2D eigenvalue weighted by atomic mass is 16.5. The van der Waals surface area contributed by atoms with Gasteiger partial charge in [-0.1, -0.05) is 31.4 Å². The Hall–Kier alpha value is -3.55. The van der Waals surface area contributed by atoms with E-state index in [1.807, 2.05) is 24.3 Å². The number of methoxy groups -OCH3 is 1. The van der Waals surface area contributed by atoms with Crippen molar-refractivity contribution in [2.24, 2.45) is 0 Å². The van der Waals surface area contributed by atoms with Gasteiger partial charge in [0, 0.05) is 12.0 Å². The quantitative estimate of drug-likeness (QED) is 0.632. The molecular formula is C23H25N5O3. The summed E-state index contributed by atoms with van der Waals surface area (Å²) >= 11 is 0. The van der Waals surface area contributed by atoms with Gasteiger partial charge in [-0.3, -0.25) is 9.59 Å². The SMILES string of the molecule is COc1ccc(CC(=O)C2(NC(=O)c3ccc(-n4cnnn4)cc3)CCCCC2)cc1. The average Bonchev–Trinajstić information content (AvgIpc) is 3.35. The van der Waals surface area contributed by atoms with Gasteiger partial charge in [-0.2, -0.15) is 0 Å². The molecule has 0 radical (unpaired) electrons. The summed E-state index contributed by atoms with van der Waals surface area (Å²) in [5.41, 5.74) is 1.34. The number of nitrogens with one attached hydrogen (secondary N) is 1. The summed E-state index contributed by atoms with van der Waals surface area (Å²) in [5.74, 6) is 0.561. The summed E-state index contributed by atoms with van der Waals surface area (Å²) in [6.07, 6.45) is 6.02. The third-order valence-corrected chi connectivity index (χ3v) is 5.86. The summed E-state index contributed by atoms with van der Waals surface area (Å²) in [4.78, 5) is 26.4.